The summed E-state index contributed by atoms with van der Waals surface area (Å²) in [4.78, 5) is 7.21. The first kappa shape index (κ1) is 21.4. The lowest BCUT2D eigenvalue weighted by Crippen LogP contribution is -2.41. The van der Waals surface area contributed by atoms with Crippen LogP contribution < -0.4 is 4.90 Å². The van der Waals surface area contributed by atoms with Gasteiger partial charge >= 0.3 is 0 Å². The Morgan fingerprint density at radius 1 is 0.964 bits per heavy atom. The third-order valence-electron chi connectivity index (χ3n) is 6.52. The predicted molar refractivity (Wildman–Crippen MR) is 127 cm³/mol. The third-order valence-corrected chi connectivity index (χ3v) is 7.01. The van der Waals surface area contributed by atoms with Crippen LogP contribution in [-0.4, -0.2) is 19.3 Å². The van der Waals surface area contributed by atoms with Crippen LogP contribution in [0.1, 0.15) is 56.1 Å². The number of benzene rings is 2. The van der Waals surface area contributed by atoms with Gasteiger partial charge in [-0.25, -0.2) is 0 Å². The Morgan fingerprint density at radius 3 is 2.39 bits per heavy atom. The van der Waals surface area contributed by atoms with Crippen LogP contribution in [0.2, 0.25) is 0 Å². The fourth-order valence-corrected chi connectivity index (χ4v) is 5.13. The van der Waals surface area contributed by atoms with E-state index in [1.807, 2.05) is 30.5 Å². The van der Waals surface area contributed by atoms with Crippen LogP contribution in [0.5, 0.6) is 0 Å². The van der Waals surface area contributed by atoms with Gasteiger partial charge in [0.25, 0.3) is 0 Å². The number of piperidine rings is 1. The van der Waals surface area contributed by atoms with Crippen molar-refractivity contribution in [2.75, 3.05) is 18.0 Å². The van der Waals surface area contributed by atoms with E-state index in [1.165, 1.54) is 74.8 Å². The van der Waals surface area contributed by atoms with Crippen molar-refractivity contribution in [3.05, 3.63) is 58.1 Å². The lowest BCUT2D eigenvalue weighted by Gasteiger charge is -2.45. The Balaban J connectivity index is 0.00000225. The highest BCUT2D eigenvalue weighted by Crippen LogP contribution is 2.45. The third kappa shape index (κ3) is 4.99. The summed E-state index contributed by atoms with van der Waals surface area (Å²) in [5.41, 5.74) is 5.50. The zero-order chi connectivity index (χ0) is 18.7. The molecule has 1 saturated heterocycles. The van der Waals surface area contributed by atoms with E-state index in [0.717, 1.165) is 10.2 Å². The summed E-state index contributed by atoms with van der Waals surface area (Å²) < 4.78 is 1.06. The number of hydrogen-bond acceptors (Lipinski definition) is 2. The van der Waals surface area contributed by atoms with Crippen molar-refractivity contribution in [3.8, 4) is 0 Å². The Kier molecular flexibility index (Phi) is 7.22. The first-order valence-corrected chi connectivity index (χ1v) is 11.1. The molecule has 0 amide bonds. The predicted octanol–water partition coefficient (Wildman–Crippen LogP) is 7.48. The molecule has 2 aromatic carbocycles. The molecule has 1 aliphatic carbocycles. The van der Waals surface area contributed by atoms with Crippen molar-refractivity contribution in [2.45, 2.75) is 51.9 Å². The molecular formula is C24H30BrClN2. The average molecular weight is 462 g/mol. The summed E-state index contributed by atoms with van der Waals surface area (Å²) in [6, 6.07) is 14.9. The summed E-state index contributed by atoms with van der Waals surface area (Å²) in [5, 5.41) is 0. The van der Waals surface area contributed by atoms with Gasteiger partial charge in [0.1, 0.15) is 0 Å². The van der Waals surface area contributed by atoms with Crippen LogP contribution in [0.4, 0.5) is 11.4 Å². The van der Waals surface area contributed by atoms with Crippen molar-refractivity contribution < 1.29 is 0 Å². The van der Waals surface area contributed by atoms with Gasteiger partial charge in [0, 0.05) is 29.5 Å². The zero-order valence-electron chi connectivity index (χ0n) is 16.7. The molecule has 0 unspecified atom stereocenters. The van der Waals surface area contributed by atoms with Crippen molar-refractivity contribution in [3.63, 3.8) is 0 Å². The Labute approximate surface area is 184 Å². The lowest BCUT2D eigenvalue weighted by molar-refractivity contribution is 0.144. The van der Waals surface area contributed by atoms with Crippen LogP contribution in [0.15, 0.2) is 51.9 Å². The number of rotatable bonds is 3. The van der Waals surface area contributed by atoms with Crippen molar-refractivity contribution in [2.24, 2.45) is 10.4 Å². The van der Waals surface area contributed by atoms with Gasteiger partial charge in [0.15, 0.2) is 0 Å². The molecular weight excluding hydrogens is 432 g/mol. The van der Waals surface area contributed by atoms with Gasteiger partial charge in [-0.3, -0.25) is 4.99 Å². The van der Waals surface area contributed by atoms with E-state index in [9.17, 15) is 0 Å². The highest BCUT2D eigenvalue weighted by molar-refractivity contribution is 9.10. The summed E-state index contributed by atoms with van der Waals surface area (Å²) in [6.45, 7) is 4.62. The normalized spacial score (nSPS) is 19.0. The first-order valence-electron chi connectivity index (χ1n) is 10.3. The minimum Gasteiger partial charge on any atom is -0.371 e. The highest BCUT2D eigenvalue weighted by atomic mass is 79.9. The molecule has 1 aliphatic heterocycles. The lowest BCUT2D eigenvalue weighted by atomic mass is 9.68. The molecule has 28 heavy (non-hydrogen) atoms. The van der Waals surface area contributed by atoms with Crippen LogP contribution in [0, 0.1) is 12.3 Å². The molecule has 2 aliphatic rings. The van der Waals surface area contributed by atoms with Gasteiger partial charge in [-0.05, 0) is 79.5 Å². The summed E-state index contributed by atoms with van der Waals surface area (Å²) in [5.74, 6) is 0. The van der Waals surface area contributed by atoms with E-state index in [1.54, 1.807) is 0 Å². The molecule has 4 heteroatoms. The molecule has 0 aromatic heterocycles. The van der Waals surface area contributed by atoms with Crippen LogP contribution >= 0.6 is 28.3 Å². The number of halogens is 2. The molecule has 0 bridgehead atoms. The minimum atomic E-state index is 0. The quantitative estimate of drug-likeness (QED) is 0.432. The topological polar surface area (TPSA) is 15.6 Å². The van der Waals surface area contributed by atoms with Gasteiger partial charge in [0.2, 0.25) is 0 Å². The second kappa shape index (κ2) is 9.45. The number of hydrogen-bond donors (Lipinski definition) is 0. The molecule has 0 radical (unpaired) electrons. The van der Waals surface area contributed by atoms with E-state index in [0.29, 0.717) is 5.41 Å². The van der Waals surface area contributed by atoms with Crippen molar-refractivity contribution >= 4 is 45.9 Å². The maximum Gasteiger partial charge on any atom is 0.0641 e. The van der Waals surface area contributed by atoms with Gasteiger partial charge in [0.05, 0.1) is 5.69 Å². The van der Waals surface area contributed by atoms with E-state index in [4.69, 9.17) is 0 Å². The molecule has 2 nitrogen and oxygen atoms in total. The molecule has 2 fully saturated rings. The zero-order valence-corrected chi connectivity index (χ0v) is 19.1. The molecule has 1 spiro atoms. The molecule has 0 atom stereocenters. The van der Waals surface area contributed by atoms with Crippen LogP contribution in [0.25, 0.3) is 0 Å². The standard InChI is InChI=1S/C24H29BrN2.ClH/c1-19-16-23(27-14-12-24(13-15-27)10-3-2-4-11-24)9-8-20(19)18-26-22-7-5-6-21(25)17-22;/h5-9,16-18H,2-4,10-15H2,1H3;1H. The van der Waals surface area contributed by atoms with Crippen molar-refractivity contribution in [1.82, 2.24) is 0 Å². The minimum absolute atomic E-state index is 0. The Hall–Kier alpha value is -1.32. The second-order valence-electron chi connectivity index (χ2n) is 8.33. The molecule has 1 heterocycles. The maximum atomic E-state index is 4.63. The number of aliphatic imine (C=N–C) groups is 1. The smallest absolute Gasteiger partial charge is 0.0641 e. The number of aryl methyl sites for hydroxylation is 1. The van der Waals surface area contributed by atoms with Crippen LogP contribution in [-0.2, 0) is 0 Å². The SMILES string of the molecule is Cc1cc(N2CCC3(CCCCC3)CC2)ccc1C=Nc1cccc(Br)c1.Cl. The van der Waals surface area contributed by atoms with E-state index in [-0.39, 0.29) is 12.4 Å². The summed E-state index contributed by atoms with van der Waals surface area (Å²) in [6.07, 6.45) is 12.0. The van der Waals surface area contributed by atoms with E-state index in [2.05, 4.69) is 50.9 Å². The fourth-order valence-electron chi connectivity index (χ4n) is 4.74. The fraction of sp³-hybridized carbons (Fsp3) is 0.458. The van der Waals surface area contributed by atoms with Crippen molar-refractivity contribution in [1.29, 1.82) is 0 Å². The number of anilines is 1. The Morgan fingerprint density at radius 2 is 1.71 bits per heavy atom. The molecule has 2 aromatic rings. The van der Waals surface area contributed by atoms with Gasteiger partial charge in [-0.15, -0.1) is 12.4 Å². The summed E-state index contributed by atoms with van der Waals surface area (Å²) in [7, 11) is 0. The largest absolute Gasteiger partial charge is 0.371 e. The Bertz CT molecular complexity index is 817. The van der Waals surface area contributed by atoms with Gasteiger partial charge < -0.3 is 4.90 Å². The molecule has 1 saturated carbocycles. The average Bonchev–Trinajstić information content (AvgIpc) is 2.68. The monoisotopic (exact) mass is 460 g/mol. The van der Waals surface area contributed by atoms with E-state index < -0.39 is 0 Å². The molecule has 0 N–H and O–H groups in total. The van der Waals surface area contributed by atoms with Crippen LogP contribution in [0.3, 0.4) is 0 Å². The first-order chi connectivity index (χ1) is 13.1. The highest BCUT2D eigenvalue weighted by Gasteiger charge is 2.35. The molecule has 150 valence electrons. The second-order valence-corrected chi connectivity index (χ2v) is 9.24. The van der Waals surface area contributed by atoms with Gasteiger partial charge in [-0.1, -0.05) is 47.3 Å². The molecule has 4 rings (SSSR count). The number of nitrogens with zero attached hydrogens (tertiary/aromatic N) is 2. The van der Waals surface area contributed by atoms with E-state index >= 15 is 0 Å². The van der Waals surface area contributed by atoms with Gasteiger partial charge in [-0.2, -0.15) is 0 Å². The summed E-state index contributed by atoms with van der Waals surface area (Å²) >= 11 is 3.50. The maximum absolute atomic E-state index is 4.63.